The van der Waals surface area contributed by atoms with Crippen molar-refractivity contribution >= 4 is 5.97 Å². The molecule has 7 aliphatic rings. The van der Waals surface area contributed by atoms with E-state index in [1.165, 1.54) is 0 Å². The second-order valence-corrected chi connectivity index (χ2v) is 19.8. The first kappa shape index (κ1) is 51.8. The molecule has 4 saturated heterocycles. The maximum absolute atomic E-state index is 14.4. The quantitative estimate of drug-likeness (QED) is 0.0521. The Morgan fingerprint density at radius 3 is 2.34 bits per heavy atom. The van der Waals surface area contributed by atoms with Crippen molar-refractivity contribution in [1.82, 2.24) is 0 Å². The van der Waals surface area contributed by atoms with E-state index in [9.17, 15) is 15.0 Å². The molecule has 0 aromatic rings. The van der Waals surface area contributed by atoms with Gasteiger partial charge in [0.25, 0.3) is 0 Å². The number of aliphatic hydroxyl groups excluding tert-OH is 1. The van der Waals surface area contributed by atoms with Crippen molar-refractivity contribution in [2.75, 3.05) is 34.0 Å². The molecule has 1 spiro atoms. The molecule has 5 unspecified atom stereocenters. The molecule has 0 radical (unpaired) electrons. The molecule has 20 atom stereocenters. The minimum Gasteiger partial charge on any atom is -0.462 e. The normalized spacial score (nSPS) is 46.2. The van der Waals surface area contributed by atoms with Crippen LogP contribution in [0.4, 0.5) is 0 Å². The third kappa shape index (κ3) is 11.3. The number of aliphatic hydroxyl groups is 2. The highest BCUT2D eigenvalue weighted by Crippen LogP contribution is 2.47. The van der Waals surface area contributed by atoms with Crippen molar-refractivity contribution in [2.45, 2.75) is 191 Å². The number of carbonyl (C=O) groups excluding carboxylic acids is 1. The number of methoxy groups -OCH3 is 2. The first-order valence-corrected chi connectivity index (χ1v) is 24.3. The average Bonchev–Trinajstić information content (AvgIpc) is 3.64. The largest absolute Gasteiger partial charge is 0.462 e. The van der Waals surface area contributed by atoms with Gasteiger partial charge < -0.3 is 62.3 Å². The number of ether oxygens (including phenoxy) is 11. The van der Waals surface area contributed by atoms with Gasteiger partial charge in [0, 0.05) is 63.2 Å². The molecule has 1 aliphatic carbocycles. The zero-order valence-corrected chi connectivity index (χ0v) is 40.9. The lowest BCUT2D eigenvalue weighted by molar-refractivity contribution is -0.320. The molecule has 17 nitrogen and oxygen atoms in total. The average molecular weight is 942 g/mol. The minimum atomic E-state index is -1.85. The number of fused-ring (bicyclic) bond motifs is 2. The molecule has 0 amide bonds. The van der Waals surface area contributed by atoms with Gasteiger partial charge >= 0.3 is 5.97 Å². The standard InChI is InChI=1S/C50H75N3O14/c1-11-27(2)44-30(5)17-18-49(67-44)25-36-22-35(66-49)16-15-29(4)43(28(3)13-12-14-34-26-60-47-42(54)31(6)21-37(48(55)63-36)50(34,47)56)64-40-24-39(58-10)46(33(8)62-40)65-41-23-38(57-9)45(32(7)61-41)59-20-19-52-53-51/h12-15,17-18,21,27-28,30,32-33,35-47,54,56H,11,16,19-20,22-26H2,1-10H3/b13-12+,29-15+,34-14+/t27?,28-,30-,32-,33-,35+,36-,37?,38-,39-,40-,41-,42+,43?,44+,45-,46?,47+,49+,50?/m0/s1. The predicted molar refractivity (Wildman–Crippen MR) is 245 cm³/mol. The molecule has 7 rings (SSSR count). The molecule has 67 heavy (non-hydrogen) atoms. The van der Waals surface area contributed by atoms with Gasteiger partial charge in [0.2, 0.25) is 0 Å². The van der Waals surface area contributed by atoms with Crippen molar-refractivity contribution in [3.63, 3.8) is 0 Å². The van der Waals surface area contributed by atoms with Gasteiger partial charge in [-0.05, 0) is 68.4 Å². The maximum atomic E-state index is 14.4. The Morgan fingerprint density at radius 1 is 0.940 bits per heavy atom. The summed E-state index contributed by atoms with van der Waals surface area (Å²) in [6.07, 6.45) is 9.02. The van der Waals surface area contributed by atoms with E-state index >= 15 is 0 Å². The van der Waals surface area contributed by atoms with Crippen molar-refractivity contribution in [3.8, 4) is 0 Å². The van der Waals surface area contributed by atoms with Crippen LogP contribution in [0.1, 0.15) is 93.9 Å². The van der Waals surface area contributed by atoms with Crippen molar-refractivity contribution in [1.29, 1.82) is 0 Å². The molecule has 0 aromatic carbocycles. The number of hydrogen-bond acceptors (Lipinski definition) is 15. The summed E-state index contributed by atoms with van der Waals surface area (Å²) < 4.78 is 70.6. The van der Waals surface area contributed by atoms with Crippen molar-refractivity contribution in [3.05, 3.63) is 69.7 Å². The number of azide groups is 1. The molecular formula is C50H75N3O14. The van der Waals surface area contributed by atoms with Gasteiger partial charge in [-0.3, -0.25) is 4.79 Å². The fraction of sp³-hybridized carbons (Fsp3) is 0.780. The zero-order valence-electron chi connectivity index (χ0n) is 40.9. The third-order valence-corrected chi connectivity index (χ3v) is 15.0. The highest BCUT2D eigenvalue weighted by Gasteiger charge is 2.60. The molecule has 0 aromatic heterocycles. The smallest absolute Gasteiger partial charge is 0.316 e. The topological polar surface area (TPSA) is 208 Å². The molecule has 4 fully saturated rings. The van der Waals surface area contributed by atoms with Crippen LogP contribution >= 0.6 is 0 Å². The Bertz CT molecular complexity index is 1920. The van der Waals surface area contributed by atoms with E-state index in [-0.39, 0.29) is 68.3 Å². The number of allylic oxidation sites excluding steroid dienone is 2. The first-order valence-electron chi connectivity index (χ1n) is 24.3. The molecule has 6 aliphatic heterocycles. The lowest BCUT2D eigenvalue weighted by Gasteiger charge is -2.48. The van der Waals surface area contributed by atoms with Gasteiger partial charge in [0.05, 0.1) is 55.9 Å². The van der Waals surface area contributed by atoms with E-state index in [0.717, 1.165) is 12.0 Å². The molecule has 2 N–H and O–H groups in total. The Kier molecular flexibility index (Phi) is 17.3. The highest BCUT2D eigenvalue weighted by molar-refractivity contribution is 5.78. The van der Waals surface area contributed by atoms with Gasteiger partial charge in [-0.2, -0.15) is 0 Å². The van der Waals surface area contributed by atoms with Crippen LogP contribution in [0.2, 0.25) is 0 Å². The zero-order chi connectivity index (χ0) is 48.2. The summed E-state index contributed by atoms with van der Waals surface area (Å²) in [5, 5.41) is 27.4. The Balaban J connectivity index is 1.14. The second kappa shape index (κ2) is 22.4. The summed E-state index contributed by atoms with van der Waals surface area (Å²) in [5.41, 5.74) is 8.75. The van der Waals surface area contributed by atoms with E-state index in [0.29, 0.717) is 36.8 Å². The van der Waals surface area contributed by atoms with Crippen LogP contribution in [0.25, 0.3) is 10.4 Å². The van der Waals surface area contributed by atoms with Crippen LogP contribution in [0, 0.1) is 23.7 Å². The van der Waals surface area contributed by atoms with Crippen LogP contribution in [-0.4, -0.2) is 147 Å². The fourth-order valence-corrected chi connectivity index (χ4v) is 11.1. The van der Waals surface area contributed by atoms with Crippen molar-refractivity contribution < 1.29 is 67.1 Å². The molecule has 374 valence electrons. The fourth-order valence-electron chi connectivity index (χ4n) is 11.1. The van der Waals surface area contributed by atoms with E-state index in [4.69, 9.17) is 57.6 Å². The summed E-state index contributed by atoms with van der Waals surface area (Å²) in [7, 11) is 3.28. The number of esters is 1. The van der Waals surface area contributed by atoms with Gasteiger partial charge in [-0.25, -0.2) is 0 Å². The summed E-state index contributed by atoms with van der Waals surface area (Å²) >= 11 is 0. The number of hydrogen-bond donors (Lipinski definition) is 2. The monoisotopic (exact) mass is 942 g/mol. The lowest BCUT2D eigenvalue weighted by Crippen LogP contribution is -2.58. The number of nitrogens with zero attached hydrogens (tertiary/aromatic N) is 3. The Labute approximate surface area is 395 Å². The predicted octanol–water partition coefficient (Wildman–Crippen LogP) is 6.71. The van der Waals surface area contributed by atoms with Crippen LogP contribution < -0.4 is 0 Å². The number of carbonyl (C=O) groups is 1. The van der Waals surface area contributed by atoms with Crippen LogP contribution in [0.5, 0.6) is 0 Å². The Morgan fingerprint density at radius 2 is 1.64 bits per heavy atom. The first-order chi connectivity index (χ1) is 32.0. The molecule has 6 heterocycles. The third-order valence-electron chi connectivity index (χ3n) is 15.0. The molecular weight excluding hydrogens is 867 g/mol. The maximum Gasteiger partial charge on any atom is 0.316 e. The van der Waals surface area contributed by atoms with E-state index < -0.39 is 84.7 Å². The summed E-state index contributed by atoms with van der Waals surface area (Å²) in [6.45, 7) is 16.6. The summed E-state index contributed by atoms with van der Waals surface area (Å²) in [6, 6.07) is 0. The second-order valence-electron chi connectivity index (χ2n) is 19.8. The lowest BCUT2D eigenvalue weighted by atomic mass is 9.71. The van der Waals surface area contributed by atoms with E-state index in [1.807, 2.05) is 39.0 Å². The Hall–Kier alpha value is -3.00. The summed E-state index contributed by atoms with van der Waals surface area (Å²) in [4.78, 5) is 17.2. The molecule has 0 saturated carbocycles. The van der Waals surface area contributed by atoms with E-state index in [1.54, 1.807) is 33.3 Å². The molecule has 17 heteroatoms. The van der Waals surface area contributed by atoms with E-state index in [2.05, 4.69) is 49.9 Å². The van der Waals surface area contributed by atoms with Gasteiger partial charge in [0.15, 0.2) is 18.4 Å². The summed E-state index contributed by atoms with van der Waals surface area (Å²) in [5.74, 6) is -2.62. The highest BCUT2D eigenvalue weighted by atomic mass is 16.7. The van der Waals surface area contributed by atoms with Gasteiger partial charge in [-0.1, -0.05) is 75.7 Å². The SMILES string of the molecule is CCC(C)[C@H]1O[C@]2(C=C[C@@H]1C)C[C@@H]1C[C@@H](C/C=C(\C)C(O[C@H]3C[C@H](OC)C(O[C@H]4C[C@H](OC)[C@@H](OCCN=[N+]=[N-])[C@H](C)O4)[C@H](C)O3)[C@@H](C)/C=C/C=C3\CO[C@@H]4[C@H](O)C(C)=CC(C(=O)O1)C34O)O2. The van der Waals surface area contributed by atoms with Gasteiger partial charge in [-0.15, -0.1) is 0 Å². The minimum absolute atomic E-state index is 0.0244. The van der Waals surface area contributed by atoms with Crippen LogP contribution in [-0.2, 0) is 56.9 Å². The molecule has 2 bridgehead atoms. The van der Waals surface area contributed by atoms with Crippen LogP contribution in [0.3, 0.4) is 0 Å². The van der Waals surface area contributed by atoms with Crippen LogP contribution in [0.15, 0.2) is 64.4 Å². The van der Waals surface area contributed by atoms with Crippen molar-refractivity contribution in [2.24, 2.45) is 28.8 Å². The number of rotatable bonds is 12. The van der Waals surface area contributed by atoms with Gasteiger partial charge in [0.1, 0.15) is 42.0 Å².